The lowest BCUT2D eigenvalue weighted by atomic mass is 10.2. The molecule has 2 aromatic rings. The predicted octanol–water partition coefficient (Wildman–Crippen LogP) is 1.50. The first-order valence-electron chi connectivity index (χ1n) is 9.14. The maximum absolute atomic E-state index is 12.6. The molecule has 0 saturated carbocycles. The molecule has 1 aliphatic rings. The molecular weight excluding hydrogens is 382 g/mol. The molecule has 0 atom stereocenters. The number of hydrogen-bond acceptors (Lipinski definition) is 5. The van der Waals surface area contributed by atoms with Crippen LogP contribution in [-0.4, -0.2) is 44.2 Å². The first-order valence-corrected chi connectivity index (χ1v) is 10.6. The first-order chi connectivity index (χ1) is 13.5. The van der Waals surface area contributed by atoms with Crippen molar-refractivity contribution in [2.75, 3.05) is 19.6 Å². The Morgan fingerprint density at radius 2 is 1.71 bits per heavy atom. The minimum Gasteiger partial charge on any atom is -0.467 e. The summed E-state index contributed by atoms with van der Waals surface area (Å²) in [5, 5.41) is 5.13. The van der Waals surface area contributed by atoms with E-state index < -0.39 is 15.9 Å². The van der Waals surface area contributed by atoms with Crippen LogP contribution in [0.5, 0.6) is 0 Å². The smallest absolute Gasteiger partial charge is 0.251 e. The predicted molar refractivity (Wildman–Crippen MR) is 102 cm³/mol. The number of benzene rings is 1. The molecule has 2 heterocycles. The molecular formula is C19H23N3O5S. The summed E-state index contributed by atoms with van der Waals surface area (Å²) in [6.07, 6.45) is 4.28. The number of piperidine rings is 1. The first kappa shape index (κ1) is 20.1. The molecule has 0 spiro atoms. The van der Waals surface area contributed by atoms with Gasteiger partial charge in [-0.1, -0.05) is 6.42 Å². The lowest BCUT2D eigenvalue weighted by Gasteiger charge is -2.25. The van der Waals surface area contributed by atoms with Gasteiger partial charge in [-0.2, -0.15) is 4.31 Å². The van der Waals surface area contributed by atoms with Crippen LogP contribution in [0.25, 0.3) is 0 Å². The van der Waals surface area contributed by atoms with Crippen LogP contribution >= 0.6 is 0 Å². The molecule has 2 N–H and O–H groups in total. The number of hydrogen-bond donors (Lipinski definition) is 2. The maximum atomic E-state index is 12.6. The van der Waals surface area contributed by atoms with Crippen LogP contribution in [0.1, 0.15) is 35.4 Å². The Morgan fingerprint density at radius 1 is 1.00 bits per heavy atom. The Kier molecular flexibility index (Phi) is 6.48. The van der Waals surface area contributed by atoms with Crippen LogP contribution in [0, 0.1) is 0 Å². The van der Waals surface area contributed by atoms with Gasteiger partial charge in [0, 0.05) is 18.7 Å². The zero-order valence-electron chi connectivity index (χ0n) is 15.4. The Hall–Kier alpha value is -2.65. The monoisotopic (exact) mass is 405 g/mol. The second kappa shape index (κ2) is 9.03. The number of nitrogens with one attached hydrogen (secondary N) is 2. The largest absolute Gasteiger partial charge is 0.467 e. The molecule has 1 aliphatic heterocycles. The van der Waals surface area contributed by atoms with Crippen LogP contribution in [-0.2, 0) is 21.4 Å². The highest BCUT2D eigenvalue weighted by molar-refractivity contribution is 7.89. The van der Waals surface area contributed by atoms with Crippen molar-refractivity contribution in [1.29, 1.82) is 0 Å². The van der Waals surface area contributed by atoms with E-state index in [-0.39, 0.29) is 29.5 Å². The summed E-state index contributed by atoms with van der Waals surface area (Å²) in [4.78, 5) is 24.1. The standard InChI is InChI=1S/C19H23N3O5S/c23-18(20-13-16-5-4-12-27-16)14-21-19(24)15-6-8-17(9-7-15)28(25,26)22-10-2-1-3-11-22/h4-9,12H,1-3,10-11,13-14H2,(H,20,23)(H,21,24). The van der Waals surface area contributed by atoms with E-state index in [0.717, 1.165) is 19.3 Å². The lowest BCUT2D eigenvalue weighted by molar-refractivity contribution is -0.120. The number of sulfonamides is 1. The molecule has 2 amide bonds. The van der Waals surface area contributed by atoms with Gasteiger partial charge in [0.25, 0.3) is 5.91 Å². The van der Waals surface area contributed by atoms with Gasteiger partial charge in [-0.15, -0.1) is 0 Å². The molecule has 1 aromatic carbocycles. The molecule has 150 valence electrons. The topological polar surface area (TPSA) is 109 Å². The zero-order valence-corrected chi connectivity index (χ0v) is 16.2. The molecule has 28 heavy (non-hydrogen) atoms. The molecule has 0 aliphatic carbocycles. The second-order valence-corrected chi connectivity index (χ2v) is 8.47. The van der Waals surface area contributed by atoms with Crippen LogP contribution in [0.2, 0.25) is 0 Å². The van der Waals surface area contributed by atoms with Crippen molar-refractivity contribution in [3.05, 3.63) is 54.0 Å². The molecule has 1 saturated heterocycles. The van der Waals surface area contributed by atoms with Gasteiger partial charge in [-0.25, -0.2) is 8.42 Å². The van der Waals surface area contributed by atoms with E-state index in [2.05, 4.69) is 10.6 Å². The second-order valence-electron chi connectivity index (χ2n) is 6.53. The molecule has 0 unspecified atom stereocenters. The Balaban J connectivity index is 1.52. The highest BCUT2D eigenvalue weighted by Gasteiger charge is 2.25. The van der Waals surface area contributed by atoms with Crippen molar-refractivity contribution in [1.82, 2.24) is 14.9 Å². The van der Waals surface area contributed by atoms with E-state index in [1.54, 1.807) is 12.1 Å². The minimum atomic E-state index is -3.53. The fourth-order valence-corrected chi connectivity index (χ4v) is 4.47. The molecule has 0 radical (unpaired) electrons. The van der Waals surface area contributed by atoms with Gasteiger partial charge in [-0.3, -0.25) is 9.59 Å². The molecule has 3 rings (SSSR count). The highest BCUT2D eigenvalue weighted by Crippen LogP contribution is 2.20. The fourth-order valence-electron chi connectivity index (χ4n) is 2.96. The quantitative estimate of drug-likeness (QED) is 0.726. The summed E-state index contributed by atoms with van der Waals surface area (Å²) in [5.74, 6) is -0.186. The minimum absolute atomic E-state index is 0.169. The van der Waals surface area contributed by atoms with Gasteiger partial charge in [0.1, 0.15) is 5.76 Å². The summed E-state index contributed by atoms with van der Waals surface area (Å²) in [7, 11) is -3.53. The van der Waals surface area contributed by atoms with Crippen LogP contribution < -0.4 is 10.6 Å². The van der Waals surface area contributed by atoms with Crippen LogP contribution in [0.15, 0.2) is 52.0 Å². The average molecular weight is 405 g/mol. The van der Waals surface area contributed by atoms with Gasteiger partial charge < -0.3 is 15.1 Å². The van der Waals surface area contributed by atoms with Crippen molar-refractivity contribution >= 4 is 21.8 Å². The zero-order chi connectivity index (χ0) is 20.0. The van der Waals surface area contributed by atoms with Gasteiger partial charge >= 0.3 is 0 Å². The van der Waals surface area contributed by atoms with Crippen molar-refractivity contribution in [3.63, 3.8) is 0 Å². The van der Waals surface area contributed by atoms with Gasteiger partial charge in [0.15, 0.2) is 0 Å². The van der Waals surface area contributed by atoms with Crippen molar-refractivity contribution in [2.24, 2.45) is 0 Å². The molecule has 9 heteroatoms. The van der Waals surface area contributed by atoms with Crippen LogP contribution in [0.4, 0.5) is 0 Å². The summed E-state index contributed by atoms with van der Waals surface area (Å²) in [6.45, 7) is 1.10. The fraction of sp³-hybridized carbons (Fsp3) is 0.368. The van der Waals surface area contributed by atoms with Crippen molar-refractivity contribution < 1.29 is 22.4 Å². The van der Waals surface area contributed by atoms with E-state index in [0.29, 0.717) is 18.8 Å². The Labute approximate surface area is 164 Å². The molecule has 0 bridgehead atoms. The maximum Gasteiger partial charge on any atom is 0.251 e. The normalized spacial score (nSPS) is 15.1. The average Bonchev–Trinajstić information content (AvgIpc) is 3.25. The van der Waals surface area contributed by atoms with E-state index in [9.17, 15) is 18.0 Å². The van der Waals surface area contributed by atoms with E-state index >= 15 is 0 Å². The van der Waals surface area contributed by atoms with Crippen molar-refractivity contribution in [3.8, 4) is 0 Å². The van der Waals surface area contributed by atoms with E-state index in [1.165, 1.54) is 34.8 Å². The molecule has 1 aromatic heterocycles. The molecule has 8 nitrogen and oxygen atoms in total. The third-order valence-corrected chi connectivity index (χ3v) is 6.43. The Bertz CT molecular complexity index is 902. The van der Waals surface area contributed by atoms with Crippen LogP contribution in [0.3, 0.4) is 0 Å². The number of nitrogens with zero attached hydrogens (tertiary/aromatic N) is 1. The van der Waals surface area contributed by atoms with Gasteiger partial charge in [-0.05, 0) is 49.2 Å². The van der Waals surface area contributed by atoms with E-state index in [1.807, 2.05) is 0 Å². The van der Waals surface area contributed by atoms with Gasteiger partial charge in [0.2, 0.25) is 15.9 Å². The summed E-state index contributed by atoms with van der Waals surface area (Å²) in [5.41, 5.74) is 0.288. The SMILES string of the molecule is O=C(CNC(=O)c1ccc(S(=O)(=O)N2CCCCC2)cc1)NCc1ccco1. The number of rotatable bonds is 7. The number of furan rings is 1. The number of carbonyl (C=O) groups is 2. The van der Waals surface area contributed by atoms with E-state index in [4.69, 9.17) is 4.42 Å². The lowest BCUT2D eigenvalue weighted by Crippen LogP contribution is -2.36. The summed E-state index contributed by atoms with van der Waals surface area (Å²) >= 11 is 0. The van der Waals surface area contributed by atoms with Crippen molar-refractivity contribution in [2.45, 2.75) is 30.7 Å². The Morgan fingerprint density at radius 3 is 2.36 bits per heavy atom. The van der Waals surface area contributed by atoms with Gasteiger partial charge in [0.05, 0.1) is 24.2 Å². The third-order valence-electron chi connectivity index (χ3n) is 4.52. The number of carbonyl (C=O) groups excluding carboxylic acids is 2. The third kappa shape index (κ3) is 4.99. The highest BCUT2D eigenvalue weighted by atomic mass is 32.2. The number of amides is 2. The summed E-state index contributed by atoms with van der Waals surface area (Å²) < 4.78 is 31.8. The molecule has 1 fully saturated rings. The summed E-state index contributed by atoms with van der Waals surface area (Å²) in [6, 6.07) is 9.21.